The maximum absolute atomic E-state index is 8.81. The van der Waals surface area contributed by atoms with Crippen LogP contribution < -0.4 is 0 Å². The summed E-state index contributed by atoms with van der Waals surface area (Å²) in [7, 11) is 0. The van der Waals surface area contributed by atoms with Crippen LogP contribution in [0.4, 0.5) is 0 Å². The smallest absolute Gasteiger partial charge is 0.0897 e. The predicted octanol–water partition coefficient (Wildman–Crippen LogP) is 6.64. The highest BCUT2D eigenvalue weighted by molar-refractivity contribution is 5.63. The fourth-order valence-corrected chi connectivity index (χ4v) is 3.88. The van der Waals surface area contributed by atoms with Gasteiger partial charge in [-0.05, 0) is 61.2 Å². The zero-order valence-electron chi connectivity index (χ0n) is 18.5. The molecular formula is C27H35N3O. The molecule has 0 aliphatic rings. The highest BCUT2D eigenvalue weighted by atomic mass is 16.2. The van der Waals surface area contributed by atoms with Gasteiger partial charge in [0.05, 0.1) is 22.8 Å². The molecule has 164 valence electrons. The third-order valence-corrected chi connectivity index (χ3v) is 5.61. The number of hydrogen-bond donors (Lipinski definition) is 1. The molecule has 0 aromatic carbocycles. The Hall–Kier alpha value is -2.59. The largest absolute Gasteiger partial charge is 0.396 e. The van der Waals surface area contributed by atoms with E-state index in [1.165, 1.54) is 63.4 Å². The number of aryl methyl sites for hydroxylation is 1. The lowest BCUT2D eigenvalue weighted by Crippen LogP contribution is -1.96. The fourth-order valence-electron chi connectivity index (χ4n) is 3.88. The summed E-state index contributed by atoms with van der Waals surface area (Å²) in [6.45, 7) is 0.337. The Balaban J connectivity index is 1.50. The fraction of sp³-hybridized carbons (Fsp3) is 0.444. The molecule has 0 atom stereocenters. The molecule has 1 N–H and O–H groups in total. The second-order valence-corrected chi connectivity index (χ2v) is 8.18. The summed E-state index contributed by atoms with van der Waals surface area (Å²) < 4.78 is 0. The molecule has 3 aromatic rings. The molecule has 0 aliphatic heterocycles. The van der Waals surface area contributed by atoms with Crippen molar-refractivity contribution in [2.75, 3.05) is 6.61 Å². The molecule has 0 radical (unpaired) electrons. The van der Waals surface area contributed by atoms with Gasteiger partial charge in [0.15, 0.2) is 0 Å². The Bertz CT molecular complexity index is 810. The van der Waals surface area contributed by atoms with Crippen molar-refractivity contribution in [1.82, 2.24) is 15.0 Å². The van der Waals surface area contributed by atoms with Gasteiger partial charge >= 0.3 is 0 Å². The molecule has 0 saturated carbocycles. The minimum atomic E-state index is 0.337. The van der Waals surface area contributed by atoms with Gasteiger partial charge in [-0.15, -0.1) is 0 Å². The van der Waals surface area contributed by atoms with Crippen molar-refractivity contribution in [2.45, 2.75) is 70.6 Å². The summed E-state index contributed by atoms with van der Waals surface area (Å²) in [5.74, 6) is 0. The number of nitrogens with zero attached hydrogens (tertiary/aromatic N) is 3. The lowest BCUT2D eigenvalue weighted by Gasteiger charge is -2.09. The van der Waals surface area contributed by atoms with E-state index < -0.39 is 0 Å². The van der Waals surface area contributed by atoms with Crippen LogP contribution in [0.15, 0.2) is 60.9 Å². The summed E-state index contributed by atoms with van der Waals surface area (Å²) in [6.07, 6.45) is 17.2. The minimum Gasteiger partial charge on any atom is -0.396 e. The van der Waals surface area contributed by atoms with Crippen LogP contribution in [-0.4, -0.2) is 26.7 Å². The van der Waals surface area contributed by atoms with Gasteiger partial charge < -0.3 is 5.11 Å². The predicted molar refractivity (Wildman–Crippen MR) is 128 cm³/mol. The first-order valence-corrected chi connectivity index (χ1v) is 11.8. The Labute approximate surface area is 186 Å². The average Bonchev–Trinajstić information content (AvgIpc) is 2.83. The monoisotopic (exact) mass is 417 g/mol. The second-order valence-electron chi connectivity index (χ2n) is 8.18. The Morgan fingerprint density at radius 3 is 1.48 bits per heavy atom. The van der Waals surface area contributed by atoms with E-state index in [1.54, 1.807) is 0 Å². The van der Waals surface area contributed by atoms with Crippen molar-refractivity contribution in [2.24, 2.45) is 0 Å². The van der Waals surface area contributed by atoms with E-state index >= 15 is 0 Å². The van der Waals surface area contributed by atoms with Gasteiger partial charge in [0, 0.05) is 19.0 Å². The molecule has 3 rings (SSSR count). The summed E-state index contributed by atoms with van der Waals surface area (Å²) in [6, 6.07) is 16.3. The SMILES string of the molecule is OCCCCCCCCCCCCc1cc(-c2ccccn2)nc(-c2ccccn2)c1. The normalized spacial score (nSPS) is 11.0. The Morgan fingerprint density at radius 2 is 1.03 bits per heavy atom. The standard InChI is InChI=1S/C27H35N3O/c31-20-14-8-6-4-2-1-3-5-7-9-15-23-21-26(24-16-10-12-18-28-24)30-27(22-23)25-17-11-13-19-29-25/h10-13,16-19,21-22,31H,1-9,14-15,20H2. The first-order chi connectivity index (χ1) is 15.4. The van der Waals surface area contributed by atoms with Crippen molar-refractivity contribution >= 4 is 0 Å². The molecule has 0 aliphatic carbocycles. The van der Waals surface area contributed by atoms with Gasteiger partial charge in [0.2, 0.25) is 0 Å². The number of aromatic nitrogens is 3. The third-order valence-electron chi connectivity index (χ3n) is 5.61. The van der Waals surface area contributed by atoms with E-state index in [9.17, 15) is 0 Å². The Kier molecular flexibility index (Phi) is 10.2. The number of unbranched alkanes of at least 4 members (excludes halogenated alkanes) is 9. The number of aliphatic hydroxyl groups is 1. The van der Waals surface area contributed by atoms with Crippen LogP contribution in [-0.2, 0) is 6.42 Å². The first-order valence-electron chi connectivity index (χ1n) is 11.8. The number of pyridine rings is 3. The Morgan fingerprint density at radius 1 is 0.548 bits per heavy atom. The summed E-state index contributed by atoms with van der Waals surface area (Å²) in [5.41, 5.74) is 4.95. The molecule has 0 bridgehead atoms. The van der Waals surface area contributed by atoms with E-state index in [2.05, 4.69) is 22.1 Å². The van der Waals surface area contributed by atoms with Gasteiger partial charge in [-0.1, -0.05) is 63.5 Å². The van der Waals surface area contributed by atoms with Crippen molar-refractivity contribution in [3.63, 3.8) is 0 Å². The van der Waals surface area contributed by atoms with E-state index in [0.29, 0.717) is 6.61 Å². The van der Waals surface area contributed by atoms with Crippen LogP contribution in [0.2, 0.25) is 0 Å². The molecule has 31 heavy (non-hydrogen) atoms. The number of hydrogen-bond acceptors (Lipinski definition) is 4. The summed E-state index contributed by atoms with van der Waals surface area (Å²) in [5, 5.41) is 8.81. The number of aliphatic hydroxyl groups excluding tert-OH is 1. The molecule has 0 spiro atoms. The lowest BCUT2D eigenvalue weighted by atomic mass is 10.0. The van der Waals surface area contributed by atoms with Crippen LogP contribution in [0.5, 0.6) is 0 Å². The topological polar surface area (TPSA) is 58.9 Å². The van der Waals surface area contributed by atoms with Gasteiger partial charge in [-0.25, -0.2) is 4.98 Å². The van der Waals surface area contributed by atoms with Crippen molar-refractivity contribution in [1.29, 1.82) is 0 Å². The van der Waals surface area contributed by atoms with Gasteiger partial charge in [-0.2, -0.15) is 0 Å². The van der Waals surface area contributed by atoms with Crippen LogP contribution in [0.25, 0.3) is 22.8 Å². The second kappa shape index (κ2) is 13.7. The summed E-state index contributed by atoms with van der Waals surface area (Å²) >= 11 is 0. The van der Waals surface area contributed by atoms with E-state index in [-0.39, 0.29) is 0 Å². The average molecular weight is 418 g/mol. The van der Waals surface area contributed by atoms with Gasteiger partial charge in [0.25, 0.3) is 0 Å². The highest BCUT2D eigenvalue weighted by Crippen LogP contribution is 2.23. The molecule has 0 fully saturated rings. The van der Waals surface area contributed by atoms with Crippen molar-refractivity contribution < 1.29 is 5.11 Å². The molecular weight excluding hydrogens is 382 g/mol. The quantitative estimate of drug-likeness (QED) is 0.299. The van der Waals surface area contributed by atoms with E-state index in [1.807, 2.05) is 48.8 Å². The van der Waals surface area contributed by atoms with Crippen molar-refractivity contribution in [3.05, 3.63) is 66.5 Å². The van der Waals surface area contributed by atoms with E-state index in [4.69, 9.17) is 10.1 Å². The molecule has 4 heteroatoms. The maximum Gasteiger partial charge on any atom is 0.0897 e. The highest BCUT2D eigenvalue weighted by Gasteiger charge is 2.09. The molecule has 0 amide bonds. The molecule has 0 unspecified atom stereocenters. The zero-order chi connectivity index (χ0) is 21.6. The maximum atomic E-state index is 8.81. The molecule has 4 nitrogen and oxygen atoms in total. The van der Waals surface area contributed by atoms with Crippen molar-refractivity contribution in [3.8, 4) is 22.8 Å². The third kappa shape index (κ3) is 8.22. The minimum absolute atomic E-state index is 0.337. The van der Waals surface area contributed by atoms with Gasteiger partial charge in [-0.3, -0.25) is 9.97 Å². The molecule has 3 heterocycles. The molecule has 0 saturated heterocycles. The first kappa shape index (κ1) is 23.1. The van der Waals surface area contributed by atoms with Crippen LogP contribution >= 0.6 is 0 Å². The lowest BCUT2D eigenvalue weighted by molar-refractivity contribution is 0.282. The zero-order valence-corrected chi connectivity index (χ0v) is 18.5. The molecule has 3 aromatic heterocycles. The summed E-state index contributed by atoms with van der Waals surface area (Å²) in [4.78, 5) is 13.8. The van der Waals surface area contributed by atoms with E-state index in [0.717, 1.165) is 35.6 Å². The van der Waals surface area contributed by atoms with Gasteiger partial charge in [0.1, 0.15) is 0 Å². The van der Waals surface area contributed by atoms with Crippen LogP contribution in [0, 0.1) is 0 Å². The van der Waals surface area contributed by atoms with Crippen LogP contribution in [0.1, 0.15) is 69.8 Å². The van der Waals surface area contributed by atoms with Crippen LogP contribution in [0.3, 0.4) is 0 Å². The number of rotatable bonds is 14.